The Hall–Kier alpha value is -0.340. The summed E-state index contributed by atoms with van der Waals surface area (Å²) < 4.78 is 5.56. The smallest absolute Gasteiger partial charge is 0.0724 e. The summed E-state index contributed by atoms with van der Waals surface area (Å²) in [5, 5.41) is 4.25. The van der Waals surface area contributed by atoms with E-state index in [0.717, 1.165) is 13.2 Å². The Morgan fingerprint density at radius 2 is 2.07 bits per heavy atom. The van der Waals surface area contributed by atoms with Crippen LogP contribution < -0.4 is 0 Å². The third-order valence-electron chi connectivity index (χ3n) is 2.24. The van der Waals surface area contributed by atoms with Crippen molar-refractivity contribution in [1.29, 1.82) is 0 Å². The van der Waals surface area contributed by atoms with Gasteiger partial charge in [-0.1, -0.05) is 32.6 Å². The van der Waals surface area contributed by atoms with Crippen LogP contribution in [0.1, 0.15) is 44.6 Å². The van der Waals surface area contributed by atoms with Crippen LogP contribution in [0.15, 0.2) is 16.8 Å². The molecular weight excluding hydrogens is 192 g/mol. The van der Waals surface area contributed by atoms with E-state index < -0.39 is 0 Å². The zero-order chi connectivity index (χ0) is 10.1. The minimum Gasteiger partial charge on any atom is -0.377 e. The normalized spacial score (nSPS) is 10.6. The molecule has 14 heavy (non-hydrogen) atoms. The highest BCUT2D eigenvalue weighted by Crippen LogP contribution is 2.08. The van der Waals surface area contributed by atoms with Gasteiger partial charge in [-0.2, -0.15) is 11.3 Å². The van der Waals surface area contributed by atoms with Gasteiger partial charge in [-0.3, -0.25) is 0 Å². The van der Waals surface area contributed by atoms with Crippen LogP contribution in [0.5, 0.6) is 0 Å². The zero-order valence-corrected chi connectivity index (χ0v) is 9.81. The maximum absolute atomic E-state index is 5.56. The minimum absolute atomic E-state index is 0.789. The summed E-state index contributed by atoms with van der Waals surface area (Å²) in [6.45, 7) is 3.95. The van der Waals surface area contributed by atoms with E-state index in [1.165, 1.54) is 37.7 Å². The van der Waals surface area contributed by atoms with Crippen molar-refractivity contribution < 1.29 is 4.74 Å². The molecular formula is C12H20OS. The van der Waals surface area contributed by atoms with Gasteiger partial charge in [-0.15, -0.1) is 0 Å². The molecule has 0 unspecified atom stereocenters. The van der Waals surface area contributed by atoms with Crippen LogP contribution in [0, 0.1) is 0 Å². The highest BCUT2D eigenvalue weighted by Gasteiger charge is 1.93. The van der Waals surface area contributed by atoms with Crippen LogP contribution in [0.2, 0.25) is 0 Å². The Morgan fingerprint density at radius 1 is 1.21 bits per heavy atom. The van der Waals surface area contributed by atoms with Crippen LogP contribution >= 0.6 is 11.3 Å². The number of rotatable bonds is 8. The molecule has 0 radical (unpaired) electrons. The number of unbranched alkanes of at least 4 members (excludes halogenated alkanes) is 4. The van der Waals surface area contributed by atoms with E-state index in [-0.39, 0.29) is 0 Å². The fraction of sp³-hybridized carbons (Fsp3) is 0.667. The van der Waals surface area contributed by atoms with Crippen molar-refractivity contribution in [2.24, 2.45) is 0 Å². The van der Waals surface area contributed by atoms with E-state index in [0.29, 0.717) is 0 Å². The van der Waals surface area contributed by atoms with Gasteiger partial charge in [0, 0.05) is 6.61 Å². The van der Waals surface area contributed by atoms with Crippen LogP contribution in [0.3, 0.4) is 0 Å². The second-order valence-corrected chi connectivity index (χ2v) is 4.38. The first-order valence-corrected chi connectivity index (χ1v) is 6.46. The Labute approximate surface area is 91.1 Å². The molecule has 0 bridgehead atoms. The molecule has 0 N–H and O–H groups in total. The molecule has 80 valence electrons. The zero-order valence-electron chi connectivity index (χ0n) is 9.00. The van der Waals surface area contributed by atoms with Crippen molar-refractivity contribution in [3.63, 3.8) is 0 Å². The number of ether oxygens (including phenoxy) is 1. The minimum atomic E-state index is 0.789. The molecule has 1 aromatic rings. The molecule has 0 aliphatic rings. The van der Waals surface area contributed by atoms with Gasteiger partial charge in [0.15, 0.2) is 0 Å². The van der Waals surface area contributed by atoms with Crippen molar-refractivity contribution in [1.82, 2.24) is 0 Å². The van der Waals surface area contributed by atoms with E-state index in [2.05, 4.69) is 23.8 Å². The average Bonchev–Trinajstić information content (AvgIpc) is 2.69. The van der Waals surface area contributed by atoms with Gasteiger partial charge >= 0.3 is 0 Å². The molecule has 0 atom stereocenters. The van der Waals surface area contributed by atoms with E-state index in [1.807, 2.05) is 0 Å². The third-order valence-corrected chi connectivity index (χ3v) is 2.97. The average molecular weight is 212 g/mol. The molecule has 0 aromatic carbocycles. The maximum atomic E-state index is 5.56. The highest BCUT2D eigenvalue weighted by molar-refractivity contribution is 7.07. The molecule has 1 heterocycles. The Morgan fingerprint density at radius 3 is 2.79 bits per heavy atom. The van der Waals surface area contributed by atoms with Gasteiger partial charge in [0.25, 0.3) is 0 Å². The monoisotopic (exact) mass is 212 g/mol. The summed E-state index contributed by atoms with van der Waals surface area (Å²) in [4.78, 5) is 0. The number of thiophene rings is 1. The second kappa shape index (κ2) is 8.01. The molecule has 0 saturated carbocycles. The van der Waals surface area contributed by atoms with E-state index in [4.69, 9.17) is 4.74 Å². The topological polar surface area (TPSA) is 9.23 Å². The summed E-state index contributed by atoms with van der Waals surface area (Å²) in [5.41, 5.74) is 1.31. The van der Waals surface area contributed by atoms with Gasteiger partial charge in [-0.05, 0) is 28.8 Å². The summed E-state index contributed by atoms with van der Waals surface area (Å²) in [6, 6.07) is 2.13. The molecule has 0 spiro atoms. The fourth-order valence-electron chi connectivity index (χ4n) is 1.37. The summed E-state index contributed by atoms with van der Waals surface area (Å²) >= 11 is 1.73. The predicted octanol–water partition coefficient (Wildman–Crippen LogP) is 4.24. The van der Waals surface area contributed by atoms with Crippen molar-refractivity contribution in [3.05, 3.63) is 22.4 Å². The van der Waals surface area contributed by atoms with Gasteiger partial charge in [0.2, 0.25) is 0 Å². The highest BCUT2D eigenvalue weighted by atomic mass is 32.1. The van der Waals surface area contributed by atoms with Crippen LogP contribution in [-0.2, 0) is 11.3 Å². The number of hydrogen-bond donors (Lipinski definition) is 0. The number of hydrogen-bond acceptors (Lipinski definition) is 2. The lowest BCUT2D eigenvalue weighted by Gasteiger charge is -2.02. The van der Waals surface area contributed by atoms with Gasteiger partial charge in [-0.25, -0.2) is 0 Å². The second-order valence-electron chi connectivity index (χ2n) is 3.60. The lowest BCUT2D eigenvalue weighted by Crippen LogP contribution is -1.94. The largest absolute Gasteiger partial charge is 0.377 e. The molecule has 0 saturated heterocycles. The third kappa shape index (κ3) is 5.40. The Balaban J connectivity index is 1.85. The molecule has 1 rings (SSSR count). The summed E-state index contributed by atoms with van der Waals surface area (Å²) in [7, 11) is 0. The van der Waals surface area contributed by atoms with Crippen LogP contribution in [0.4, 0.5) is 0 Å². The SMILES string of the molecule is CCCCCCCOCc1ccsc1. The maximum Gasteiger partial charge on any atom is 0.0724 e. The first-order valence-electron chi connectivity index (χ1n) is 5.52. The molecule has 0 aliphatic heterocycles. The van der Waals surface area contributed by atoms with E-state index in [9.17, 15) is 0 Å². The summed E-state index contributed by atoms with van der Waals surface area (Å²) in [6.07, 6.45) is 6.57. The van der Waals surface area contributed by atoms with Gasteiger partial charge in [0.1, 0.15) is 0 Å². The van der Waals surface area contributed by atoms with Crippen LogP contribution in [0.25, 0.3) is 0 Å². The standard InChI is InChI=1S/C12H20OS/c1-2-3-4-5-6-8-13-10-12-7-9-14-11-12/h7,9,11H,2-6,8,10H2,1H3. The van der Waals surface area contributed by atoms with Crippen molar-refractivity contribution in [2.45, 2.75) is 45.6 Å². The van der Waals surface area contributed by atoms with Gasteiger partial charge in [0.05, 0.1) is 6.61 Å². The molecule has 0 aliphatic carbocycles. The molecule has 1 nitrogen and oxygen atoms in total. The quantitative estimate of drug-likeness (QED) is 0.586. The molecule has 0 fully saturated rings. The summed E-state index contributed by atoms with van der Waals surface area (Å²) in [5.74, 6) is 0. The van der Waals surface area contributed by atoms with E-state index in [1.54, 1.807) is 11.3 Å². The Kier molecular flexibility index (Phi) is 6.71. The molecule has 0 amide bonds. The Bertz CT molecular complexity index is 206. The van der Waals surface area contributed by atoms with Crippen molar-refractivity contribution in [3.8, 4) is 0 Å². The van der Waals surface area contributed by atoms with Crippen LogP contribution in [-0.4, -0.2) is 6.61 Å². The lowest BCUT2D eigenvalue weighted by molar-refractivity contribution is 0.117. The first-order chi connectivity index (χ1) is 6.93. The van der Waals surface area contributed by atoms with E-state index >= 15 is 0 Å². The van der Waals surface area contributed by atoms with Crippen molar-refractivity contribution >= 4 is 11.3 Å². The lowest BCUT2D eigenvalue weighted by atomic mass is 10.2. The first kappa shape index (κ1) is 11.7. The fourth-order valence-corrected chi connectivity index (χ4v) is 2.03. The predicted molar refractivity (Wildman–Crippen MR) is 62.7 cm³/mol. The van der Waals surface area contributed by atoms with Crippen molar-refractivity contribution in [2.75, 3.05) is 6.61 Å². The molecule has 1 aromatic heterocycles. The van der Waals surface area contributed by atoms with Gasteiger partial charge < -0.3 is 4.74 Å². The molecule has 2 heteroatoms.